The fraction of sp³-hybridized carbons (Fsp3) is 0.333. The highest BCUT2D eigenvalue weighted by molar-refractivity contribution is 9.10. The minimum Gasteiger partial charge on any atom is -0.0831 e. The summed E-state index contributed by atoms with van der Waals surface area (Å²) < 4.78 is 1.11. The van der Waals surface area contributed by atoms with Crippen molar-refractivity contribution in [1.82, 2.24) is 0 Å². The highest BCUT2D eigenvalue weighted by Crippen LogP contribution is 2.34. The molecule has 0 aromatic heterocycles. The van der Waals surface area contributed by atoms with Crippen LogP contribution in [0.5, 0.6) is 0 Å². The van der Waals surface area contributed by atoms with Crippen molar-refractivity contribution in [2.75, 3.05) is 0 Å². The van der Waals surface area contributed by atoms with E-state index in [9.17, 15) is 0 Å². The maximum atomic E-state index is 5.95. The average Bonchev–Trinajstić information content (AvgIpc) is 2.45. The molecule has 0 nitrogen and oxygen atoms in total. The monoisotopic (exact) mass is 230 g/mol. The van der Waals surface area contributed by atoms with E-state index in [4.69, 9.17) is 11.6 Å². The van der Waals surface area contributed by atoms with Crippen LogP contribution in [-0.4, -0.2) is 0 Å². The van der Waals surface area contributed by atoms with Gasteiger partial charge in [0, 0.05) is 4.47 Å². The molecular formula is C9H8BrCl. The Morgan fingerprint density at radius 1 is 1.27 bits per heavy atom. The maximum absolute atomic E-state index is 5.95. The summed E-state index contributed by atoms with van der Waals surface area (Å²) in [5.41, 5.74) is 2.87. The number of halogens is 2. The molecule has 0 heterocycles. The van der Waals surface area contributed by atoms with Crippen LogP contribution in [0, 0.1) is 0 Å². The fourth-order valence-electron chi connectivity index (χ4n) is 1.59. The molecule has 58 valence electrons. The van der Waals surface area contributed by atoms with E-state index in [1.165, 1.54) is 30.4 Å². The van der Waals surface area contributed by atoms with Gasteiger partial charge in [-0.3, -0.25) is 0 Å². The summed E-state index contributed by atoms with van der Waals surface area (Å²) in [5.74, 6) is 0. The van der Waals surface area contributed by atoms with Crippen molar-refractivity contribution in [3.05, 3.63) is 32.8 Å². The van der Waals surface area contributed by atoms with Crippen LogP contribution >= 0.6 is 27.5 Å². The highest BCUT2D eigenvalue weighted by Gasteiger charge is 2.14. The van der Waals surface area contributed by atoms with Crippen molar-refractivity contribution < 1.29 is 0 Å². The quantitative estimate of drug-likeness (QED) is 0.640. The molecule has 0 N–H and O–H groups in total. The van der Waals surface area contributed by atoms with E-state index in [2.05, 4.69) is 22.0 Å². The van der Waals surface area contributed by atoms with Gasteiger partial charge in [-0.25, -0.2) is 0 Å². The summed E-state index contributed by atoms with van der Waals surface area (Å²) in [7, 11) is 0. The van der Waals surface area contributed by atoms with E-state index in [1.807, 2.05) is 6.07 Å². The van der Waals surface area contributed by atoms with Gasteiger partial charge in [0.2, 0.25) is 0 Å². The molecule has 0 saturated carbocycles. The number of rotatable bonds is 0. The molecule has 0 aliphatic heterocycles. The van der Waals surface area contributed by atoms with Gasteiger partial charge in [0.1, 0.15) is 0 Å². The van der Waals surface area contributed by atoms with Crippen molar-refractivity contribution in [2.24, 2.45) is 0 Å². The van der Waals surface area contributed by atoms with Crippen LogP contribution in [-0.2, 0) is 12.8 Å². The van der Waals surface area contributed by atoms with Crippen LogP contribution in [0.1, 0.15) is 17.5 Å². The Kier molecular flexibility index (Phi) is 1.94. The second kappa shape index (κ2) is 2.80. The largest absolute Gasteiger partial charge is 0.0831 e. The third-order valence-electron chi connectivity index (χ3n) is 2.17. The number of hydrogen-bond acceptors (Lipinski definition) is 0. The molecule has 1 aromatic rings. The van der Waals surface area contributed by atoms with E-state index in [1.54, 1.807) is 0 Å². The van der Waals surface area contributed by atoms with Crippen molar-refractivity contribution in [1.29, 1.82) is 0 Å². The van der Waals surface area contributed by atoms with Crippen LogP contribution < -0.4 is 0 Å². The molecule has 0 amide bonds. The first-order valence-corrected chi connectivity index (χ1v) is 4.92. The zero-order chi connectivity index (χ0) is 7.84. The van der Waals surface area contributed by atoms with Crippen LogP contribution in [0.4, 0.5) is 0 Å². The average molecular weight is 232 g/mol. The minimum absolute atomic E-state index is 0.839. The first-order chi connectivity index (χ1) is 5.29. The van der Waals surface area contributed by atoms with Crippen LogP contribution in [0.15, 0.2) is 16.6 Å². The predicted octanol–water partition coefficient (Wildman–Crippen LogP) is 3.59. The Labute approximate surface area is 79.7 Å². The molecule has 0 saturated heterocycles. The Morgan fingerprint density at radius 2 is 2.09 bits per heavy atom. The first-order valence-electron chi connectivity index (χ1n) is 3.75. The maximum Gasteiger partial charge on any atom is 0.0551 e. The summed E-state index contributed by atoms with van der Waals surface area (Å²) in [6, 6.07) is 4.10. The number of fused-ring (bicyclic) bond motifs is 1. The summed E-state index contributed by atoms with van der Waals surface area (Å²) in [5, 5.41) is 0.839. The normalized spacial score (nSPS) is 15.1. The number of benzene rings is 1. The second-order valence-corrected chi connectivity index (χ2v) is 4.05. The van der Waals surface area contributed by atoms with Crippen LogP contribution in [0.25, 0.3) is 0 Å². The van der Waals surface area contributed by atoms with Gasteiger partial charge in [0.05, 0.1) is 5.02 Å². The van der Waals surface area contributed by atoms with Crippen molar-refractivity contribution in [2.45, 2.75) is 19.3 Å². The SMILES string of the molecule is Clc1ccc2c(c1Br)CCC2. The molecule has 0 radical (unpaired) electrons. The zero-order valence-corrected chi connectivity index (χ0v) is 8.37. The standard InChI is InChI=1S/C9H8BrCl/c10-9-7-3-1-2-6(7)4-5-8(9)11/h4-5H,1-3H2. The molecule has 2 rings (SSSR count). The Morgan fingerprint density at radius 3 is 2.91 bits per heavy atom. The lowest BCUT2D eigenvalue weighted by Gasteiger charge is -2.02. The Balaban J connectivity index is 2.62. The molecule has 1 aliphatic carbocycles. The van der Waals surface area contributed by atoms with Gasteiger partial charge in [-0.1, -0.05) is 17.7 Å². The Hall–Kier alpha value is -0.0100. The summed E-state index contributed by atoms with van der Waals surface area (Å²) in [4.78, 5) is 0. The van der Waals surface area contributed by atoms with E-state index in [0.29, 0.717) is 0 Å². The third kappa shape index (κ3) is 1.21. The van der Waals surface area contributed by atoms with E-state index in [0.717, 1.165) is 9.50 Å². The zero-order valence-electron chi connectivity index (χ0n) is 6.03. The van der Waals surface area contributed by atoms with Gasteiger partial charge in [0.25, 0.3) is 0 Å². The van der Waals surface area contributed by atoms with Gasteiger partial charge >= 0.3 is 0 Å². The summed E-state index contributed by atoms with van der Waals surface area (Å²) >= 11 is 9.44. The molecule has 0 atom stereocenters. The molecule has 1 aliphatic rings. The van der Waals surface area contributed by atoms with Gasteiger partial charge < -0.3 is 0 Å². The molecule has 0 fully saturated rings. The summed E-state index contributed by atoms with van der Waals surface area (Å²) in [6.07, 6.45) is 3.66. The predicted molar refractivity (Wildman–Crippen MR) is 51.2 cm³/mol. The fourth-order valence-corrected chi connectivity index (χ4v) is 2.35. The topological polar surface area (TPSA) is 0 Å². The van der Waals surface area contributed by atoms with Gasteiger partial charge in [-0.2, -0.15) is 0 Å². The molecule has 0 spiro atoms. The van der Waals surface area contributed by atoms with Crippen molar-refractivity contribution in [3.63, 3.8) is 0 Å². The lowest BCUT2D eigenvalue weighted by atomic mass is 10.1. The number of aryl methyl sites for hydroxylation is 1. The molecule has 1 aromatic carbocycles. The third-order valence-corrected chi connectivity index (χ3v) is 3.62. The Bertz CT molecular complexity index is 294. The lowest BCUT2D eigenvalue weighted by molar-refractivity contribution is 0.910. The molecule has 0 unspecified atom stereocenters. The first kappa shape index (κ1) is 7.63. The number of hydrogen-bond donors (Lipinski definition) is 0. The van der Waals surface area contributed by atoms with Gasteiger partial charge in [-0.05, 0) is 52.4 Å². The highest BCUT2D eigenvalue weighted by atomic mass is 79.9. The van der Waals surface area contributed by atoms with Gasteiger partial charge in [0.15, 0.2) is 0 Å². The minimum atomic E-state index is 0.839. The van der Waals surface area contributed by atoms with E-state index in [-0.39, 0.29) is 0 Å². The lowest BCUT2D eigenvalue weighted by Crippen LogP contribution is -1.83. The van der Waals surface area contributed by atoms with Crippen molar-refractivity contribution in [3.8, 4) is 0 Å². The van der Waals surface area contributed by atoms with Crippen LogP contribution in [0.3, 0.4) is 0 Å². The molecule has 11 heavy (non-hydrogen) atoms. The summed E-state index contributed by atoms with van der Waals surface area (Å²) in [6.45, 7) is 0. The molecule has 0 bridgehead atoms. The molecule has 2 heteroatoms. The molecular weight excluding hydrogens is 223 g/mol. The van der Waals surface area contributed by atoms with Crippen LogP contribution in [0.2, 0.25) is 5.02 Å². The van der Waals surface area contributed by atoms with Crippen molar-refractivity contribution >= 4 is 27.5 Å². The van der Waals surface area contributed by atoms with Gasteiger partial charge in [-0.15, -0.1) is 0 Å². The van der Waals surface area contributed by atoms with E-state index >= 15 is 0 Å². The van der Waals surface area contributed by atoms with E-state index < -0.39 is 0 Å². The smallest absolute Gasteiger partial charge is 0.0551 e. The second-order valence-electron chi connectivity index (χ2n) is 2.85.